The predicted octanol–water partition coefficient (Wildman–Crippen LogP) is 1.57. The monoisotopic (exact) mass is 344 g/mol. The van der Waals surface area contributed by atoms with E-state index in [1.54, 1.807) is 7.11 Å². The van der Waals surface area contributed by atoms with E-state index < -0.39 is 5.79 Å². The van der Waals surface area contributed by atoms with Gasteiger partial charge in [-0.15, -0.1) is 0 Å². The van der Waals surface area contributed by atoms with Gasteiger partial charge < -0.3 is 19.1 Å². The highest BCUT2D eigenvalue weighted by Gasteiger charge is 2.71. The maximum absolute atomic E-state index is 6.64. The van der Waals surface area contributed by atoms with Crippen molar-refractivity contribution in [3.63, 3.8) is 0 Å². The minimum atomic E-state index is -0.685. The smallest absolute Gasteiger partial charge is 0.227 e. The van der Waals surface area contributed by atoms with Crippen LogP contribution in [0.25, 0.3) is 0 Å². The van der Waals surface area contributed by atoms with Gasteiger partial charge in [0.15, 0.2) is 17.6 Å². The van der Waals surface area contributed by atoms with Crippen molar-refractivity contribution < 1.29 is 19.0 Å². The fourth-order valence-electron chi connectivity index (χ4n) is 6.44. The van der Waals surface area contributed by atoms with Crippen molar-refractivity contribution in [3.05, 3.63) is 23.3 Å². The Morgan fingerprint density at radius 3 is 3.04 bits per heavy atom. The van der Waals surface area contributed by atoms with E-state index in [4.69, 9.17) is 19.0 Å². The van der Waals surface area contributed by atoms with Gasteiger partial charge in [0.2, 0.25) is 5.79 Å². The predicted molar refractivity (Wildman–Crippen MR) is 89.5 cm³/mol. The summed E-state index contributed by atoms with van der Waals surface area (Å²) < 4.78 is 18.4. The Hall–Kier alpha value is -1.34. The number of piperidine rings is 1. The molecular formula is C19H24N2O4. The van der Waals surface area contributed by atoms with Crippen LogP contribution in [0.15, 0.2) is 12.1 Å². The highest BCUT2D eigenvalue weighted by Crippen LogP contribution is 2.66. The molecule has 25 heavy (non-hydrogen) atoms. The molecule has 134 valence electrons. The van der Waals surface area contributed by atoms with Gasteiger partial charge in [0.25, 0.3) is 0 Å². The second-order valence-electron chi connectivity index (χ2n) is 8.16. The Kier molecular flexibility index (Phi) is 2.77. The van der Waals surface area contributed by atoms with Crippen LogP contribution in [-0.4, -0.2) is 50.3 Å². The van der Waals surface area contributed by atoms with Crippen LogP contribution in [0.4, 0.5) is 0 Å². The van der Waals surface area contributed by atoms with E-state index in [0.29, 0.717) is 18.7 Å². The largest absolute Gasteiger partial charge is 0.493 e. The summed E-state index contributed by atoms with van der Waals surface area (Å²) in [6.07, 6.45) is 4.03. The van der Waals surface area contributed by atoms with Crippen LogP contribution in [-0.2, 0) is 21.4 Å². The SMILES string of the molecule is COc1ccc2c3c1O[C@H]1C4(CCC5[C@@H](C2)N(C)CC[C@@]351)OCNO4. The van der Waals surface area contributed by atoms with Crippen molar-refractivity contribution in [1.82, 2.24) is 10.4 Å². The minimum Gasteiger partial charge on any atom is -0.493 e. The van der Waals surface area contributed by atoms with Gasteiger partial charge in [-0.3, -0.25) is 4.84 Å². The lowest BCUT2D eigenvalue weighted by atomic mass is 9.51. The molecule has 0 amide bonds. The van der Waals surface area contributed by atoms with E-state index in [-0.39, 0.29) is 11.5 Å². The van der Waals surface area contributed by atoms with Crippen molar-refractivity contribution in [2.45, 2.75) is 49.0 Å². The first kappa shape index (κ1) is 14.8. The maximum atomic E-state index is 6.64. The zero-order valence-electron chi connectivity index (χ0n) is 14.7. The number of hydrogen-bond acceptors (Lipinski definition) is 6. The normalized spacial score (nSPS) is 43.8. The summed E-state index contributed by atoms with van der Waals surface area (Å²) in [5.41, 5.74) is 5.70. The van der Waals surface area contributed by atoms with E-state index in [2.05, 4.69) is 29.6 Å². The molecule has 1 N–H and O–H groups in total. The molecule has 5 atom stereocenters. The third-order valence-electron chi connectivity index (χ3n) is 7.42. The number of nitrogens with one attached hydrogen (secondary N) is 1. The first-order chi connectivity index (χ1) is 12.2. The number of likely N-dealkylation sites (tertiary alicyclic amines) is 1. The summed E-state index contributed by atoms with van der Waals surface area (Å²) >= 11 is 0. The van der Waals surface area contributed by atoms with Gasteiger partial charge in [-0.1, -0.05) is 6.07 Å². The van der Waals surface area contributed by atoms with Crippen molar-refractivity contribution in [2.24, 2.45) is 5.92 Å². The number of ether oxygens (including phenoxy) is 3. The van der Waals surface area contributed by atoms with E-state index in [0.717, 1.165) is 43.7 Å². The standard InChI is InChI=1S/C19H24N2O4/c1-21-8-7-18-12-5-6-19(23-10-20-25-19)17(18)24-16-14(22-2)4-3-11(15(16)18)9-13(12)21/h3-4,12-13,17,20H,5-10H2,1-2H3/t12?,13-,17-,18+,19?/m1/s1. The van der Waals surface area contributed by atoms with Gasteiger partial charge in [0, 0.05) is 23.4 Å². The fraction of sp³-hybridized carbons (Fsp3) is 0.684. The second kappa shape index (κ2) is 4.68. The average Bonchev–Trinajstić information content (AvgIpc) is 3.23. The van der Waals surface area contributed by atoms with Crippen LogP contribution in [0.2, 0.25) is 0 Å². The third kappa shape index (κ3) is 1.56. The van der Waals surface area contributed by atoms with Crippen LogP contribution in [0, 0.1) is 5.92 Å². The summed E-state index contributed by atoms with van der Waals surface area (Å²) in [6, 6.07) is 4.86. The third-order valence-corrected chi connectivity index (χ3v) is 7.42. The number of nitrogens with zero attached hydrogens (tertiary/aromatic N) is 1. The lowest BCUT2D eigenvalue weighted by molar-refractivity contribution is -0.270. The summed E-state index contributed by atoms with van der Waals surface area (Å²) in [7, 11) is 3.99. The van der Waals surface area contributed by atoms with Crippen LogP contribution in [0.3, 0.4) is 0 Å². The van der Waals surface area contributed by atoms with Gasteiger partial charge in [0.05, 0.1) is 7.11 Å². The van der Waals surface area contributed by atoms with E-state index >= 15 is 0 Å². The number of methoxy groups -OCH3 is 1. The Balaban J connectivity index is 1.62. The maximum Gasteiger partial charge on any atom is 0.227 e. The molecule has 5 aliphatic rings. The Morgan fingerprint density at radius 2 is 2.24 bits per heavy atom. The van der Waals surface area contributed by atoms with Crippen molar-refractivity contribution in [3.8, 4) is 11.5 Å². The number of benzene rings is 1. The molecule has 6 heteroatoms. The molecule has 2 spiro atoms. The Labute approximate surface area is 147 Å². The molecule has 6 rings (SSSR count). The zero-order valence-corrected chi connectivity index (χ0v) is 14.7. The molecule has 3 fully saturated rings. The van der Waals surface area contributed by atoms with Crippen molar-refractivity contribution in [1.29, 1.82) is 0 Å². The van der Waals surface area contributed by atoms with Gasteiger partial charge in [-0.05, 0) is 50.4 Å². The highest BCUT2D eigenvalue weighted by atomic mass is 16.9. The molecule has 2 saturated heterocycles. The van der Waals surface area contributed by atoms with E-state index in [9.17, 15) is 0 Å². The number of likely N-dealkylation sites (N-methyl/N-ethyl adjacent to an activating group) is 1. The minimum absolute atomic E-state index is 0.0289. The summed E-state index contributed by atoms with van der Waals surface area (Å²) in [5, 5.41) is 0. The van der Waals surface area contributed by atoms with Gasteiger partial charge in [-0.2, -0.15) is 5.48 Å². The molecule has 6 nitrogen and oxygen atoms in total. The topological polar surface area (TPSA) is 52.2 Å². The van der Waals surface area contributed by atoms with E-state index in [1.165, 1.54) is 11.1 Å². The van der Waals surface area contributed by atoms with Crippen LogP contribution in [0.1, 0.15) is 30.4 Å². The van der Waals surface area contributed by atoms with Crippen LogP contribution >= 0.6 is 0 Å². The second-order valence-corrected chi connectivity index (χ2v) is 8.16. The van der Waals surface area contributed by atoms with Crippen molar-refractivity contribution >= 4 is 0 Å². The molecule has 3 aliphatic heterocycles. The summed E-state index contributed by atoms with van der Waals surface area (Å²) in [5.74, 6) is 1.66. The molecule has 2 bridgehead atoms. The number of rotatable bonds is 1. The molecular weight excluding hydrogens is 320 g/mol. The first-order valence-corrected chi connectivity index (χ1v) is 9.32. The quantitative estimate of drug-likeness (QED) is 0.835. The van der Waals surface area contributed by atoms with E-state index in [1.807, 2.05) is 0 Å². The molecule has 0 radical (unpaired) electrons. The summed E-state index contributed by atoms with van der Waals surface area (Å²) in [4.78, 5) is 8.52. The van der Waals surface area contributed by atoms with Crippen LogP contribution in [0.5, 0.6) is 11.5 Å². The van der Waals surface area contributed by atoms with Gasteiger partial charge in [-0.25, -0.2) is 0 Å². The number of hydrogen-bond donors (Lipinski definition) is 1. The molecule has 0 aromatic heterocycles. The first-order valence-electron chi connectivity index (χ1n) is 9.32. The average molecular weight is 344 g/mol. The number of fused-ring (bicyclic) bond motifs is 1. The number of hydroxylamine groups is 1. The zero-order chi connectivity index (χ0) is 16.8. The molecule has 2 unspecified atom stereocenters. The van der Waals surface area contributed by atoms with Gasteiger partial charge >= 0.3 is 0 Å². The van der Waals surface area contributed by atoms with Crippen molar-refractivity contribution in [2.75, 3.05) is 27.4 Å². The Bertz CT molecular complexity index is 747. The molecule has 3 heterocycles. The van der Waals surface area contributed by atoms with Gasteiger partial charge in [0.1, 0.15) is 6.73 Å². The summed E-state index contributed by atoms with van der Waals surface area (Å²) in [6.45, 7) is 1.50. The Morgan fingerprint density at radius 1 is 1.32 bits per heavy atom. The lowest BCUT2D eigenvalue weighted by Crippen LogP contribution is -2.70. The molecule has 2 aliphatic carbocycles. The lowest BCUT2D eigenvalue weighted by Gasteiger charge is -2.60. The van der Waals surface area contributed by atoms with Crippen LogP contribution < -0.4 is 15.0 Å². The fourth-order valence-corrected chi connectivity index (χ4v) is 6.44. The molecule has 1 saturated carbocycles. The molecule has 1 aromatic carbocycles. The highest BCUT2D eigenvalue weighted by molar-refractivity contribution is 5.61. The molecule has 1 aromatic rings.